The predicted octanol–water partition coefficient (Wildman–Crippen LogP) is 11.8. The van der Waals surface area contributed by atoms with Gasteiger partial charge in [-0.05, 0) is 38.5 Å². The minimum Gasteiger partial charge on any atom is -0.480 e. The van der Waals surface area contributed by atoms with E-state index in [4.69, 9.17) is 29.4 Å². The molecular weight excluding hydrogens is 693 g/mol. The van der Waals surface area contributed by atoms with Gasteiger partial charge < -0.3 is 25.2 Å². The van der Waals surface area contributed by atoms with Crippen LogP contribution in [0.4, 0.5) is 0 Å². The van der Waals surface area contributed by atoms with E-state index in [-0.39, 0.29) is 13.0 Å². The molecule has 0 saturated heterocycles. The summed E-state index contributed by atoms with van der Waals surface area (Å²) in [5, 5.41) is 8.88. The zero-order valence-electron chi connectivity index (χ0n) is 34.1. The molecule has 314 valence electrons. The van der Waals surface area contributed by atoms with Crippen LogP contribution in [0.1, 0.15) is 206 Å². The van der Waals surface area contributed by atoms with Crippen LogP contribution in [-0.2, 0) is 32.7 Å². The van der Waals surface area contributed by atoms with Gasteiger partial charge >= 0.3 is 19.8 Å². The number of esters is 1. The average Bonchev–Trinajstić information content (AvgIpc) is 3.13. The lowest BCUT2D eigenvalue weighted by Crippen LogP contribution is -2.34. The van der Waals surface area contributed by atoms with Crippen molar-refractivity contribution in [2.75, 3.05) is 26.4 Å². The van der Waals surface area contributed by atoms with Crippen molar-refractivity contribution in [3.8, 4) is 0 Å². The Morgan fingerprint density at radius 3 is 1.47 bits per heavy atom. The first-order chi connectivity index (χ1) is 25.7. The van der Waals surface area contributed by atoms with Gasteiger partial charge in [0.25, 0.3) is 0 Å². The highest BCUT2D eigenvalue weighted by Crippen LogP contribution is 2.43. The van der Waals surface area contributed by atoms with Gasteiger partial charge in [0.15, 0.2) is 0 Å². The molecule has 0 aliphatic rings. The molecule has 0 amide bonds. The molecule has 0 rings (SSSR count). The van der Waals surface area contributed by atoms with Gasteiger partial charge in [0.2, 0.25) is 0 Å². The van der Waals surface area contributed by atoms with Crippen LogP contribution in [0.5, 0.6) is 0 Å². The molecule has 0 aromatic carbocycles. The molecule has 11 heteroatoms. The molecule has 0 aromatic rings. The number of rotatable bonds is 42. The van der Waals surface area contributed by atoms with Crippen molar-refractivity contribution in [2.45, 2.75) is 219 Å². The highest BCUT2D eigenvalue weighted by Gasteiger charge is 2.27. The Bertz CT molecular complexity index is 904. The zero-order valence-corrected chi connectivity index (χ0v) is 35.0. The minimum atomic E-state index is -4.61. The fourth-order valence-electron chi connectivity index (χ4n) is 6.13. The second kappa shape index (κ2) is 39.0. The van der Waals surface area contributed by atoms with Crippen LogP contribution in [-0.4, -0.2) is 60.5 Å². The smallest absolute Gasteiger partial charge is 0.472 e. The van der Waals surface area contributed by atoms with E-state index in [9.17, 15) is 19.0 Å². The van der Waals surface area contributed by atoms with E-state index in [1.54, 1.807) is 0 Å². The van der Waals surface area contributed by atoms with E-state index in [0.717, 1.165) is 57.8 Å². The van der Waals surface area contributed by atoms with Gasteiger partial charge in [-0.3, -0.25) is 18.6 Å². The van der Waals surface area contributed by atoms with Crippen LogP contribution in [0.3, 0.4) is 0 Å². The SMILES string of the molecule is CCCCC/C=C\CCCCCCCC(=O)OC(COCCCCCCCCCCCCCCCCCCCCC)COP(=O)(O)OCC(N)C(=O)O. The van der Waals surface area contributed by atoms with E-state index >= 15 is 0 Å². The fourth-order valence-corrected chi connectivity index (χ4v) is 6.91. The first kappa shape index (κ1) is 51.7. The molecule has 3 unspecified atom stereocenters. The van der Waals surface area contributed by atoms with E-state index in [0.29, 0.717) is 13.0 Å². The molecule has 10 nitrogen and oxygen atoms in total. The molecule has 0 aromatic heterocycles. The monoisotopic (exact) mass is 776 g/mol. The number of hydrogen-bond acceptors (Lipinski definition) is 8. The van der Waals surface area contributed by atoms with Crippen LogP contribution in [0.2, 0.25) is 0 Å². The van der Waals surface area contributed by atoms with Crippen molar-refractivity contribution in [2.24, 2.45) is 5.73 Å². The number of phosphoric ester groups is 1. The number of carbonyl (C=O) groups is 2. The topological polar surface area (TPSA) is 155 Å². The molecule has 4 N–H and O–H groups in total. The first-order valence-corrected chi connectivity index (χ1v) is 23.2. The van der Waals surface area contributed by atoms with Crippen molar-refractivity contribution in [1.29, 1.82) is 0 Å². The van der Waals surface area contributed by atoms with Crippen molar-refractivity contribution in [1.82, 2.24) is 0 Å². The number of carboxylic acids is 1. The Labute approximate surface area is 324 Å². The Morgan fingerprint density at radius 2 is 0.981 bits per heavy atom. The number of phosphoric acid groups is 1. The normalized spacial score (nSPS) is 14.0. The zero-order chi connectivity index (χ0) is 39.1. The summed E-state index contributed by atoms with van der Waals surface area (Å²) in [4.78, 5) is 33.5. The molecule has 0 bridgehead atoms. The van der Waals surface area contributed by atoms with E-state index in [1.807, 2.05) is 0 Å². The lowest BCUT2D eigenvalue weighted by molar-refractivity contribution is -0.154. The summed E-state index contributed by atoms with van der Waals surface area (Å²) in [5.41, 5.74) is 5.35. The number of carboxylic acid groups (broad SMARTS) is 1. The van der Waals surface area contributed by atoms with Gasteiger partial charge in [-0.15, -0.1) is 0 Å². The summed E-state index contributed by atoms with van der Waals surface area (Å²) in [5.74, 6) is -1.78. The second-order valence-electron chi connectivity index (χ2n) is 14.8. The van der Waals surface area contributed by atoms with E-state index in [1.165, 1.54) is 122 Å². The summed E-state index contributed by atoms with van der Waals surface area (Å²) in [6.45, 7) is 3.87. The van der Waals surface area contributed by atoms with Crippen molar-refractivity contribution in [3.63, 3.8) is 0 Å². The standard InChI is InChI=1S/C42H82NO9P/c1-3-5-7-9-11-13-15-17-18-19-20-21-22-23-25-27-29-31-33-35-49-36-39(37-50-53(47,48)51-38-40(43)42(45)46)52-41(44)34-32-30-28-26-24-16-14-12-10-8-6-4-2/h12,14,39-40H,3-11,13,15-38,43H2,1-2H3,(H,45,46)(H,47,48)/b14-12-. The van der Waals surface area contributed by atoms with Crippen LogP contribution >= 0.6 is 7.82 Å². The molecule has 53 heavy (non-hydrogen) atoms. The summed E-state index contributed by atoms with van der Waals surface area (Å²) < 4.78 is 33.3. The quantitative estimate of drug-likeness (QED) is 0.0236. The van der Waals surface area contributed by atoms with E-state index < -0.39 is 45.1 Å². The van der Waals surface area contributed by atoms with Crippen molar-refractivity contribution in [3.05, 3.63) is 12.2 Å². The largest absolute Gasteiger partial charge is 0.480 e. The maximum Gasteiger partial charge on any atom is 0.472 e. The Balaban J connectivity index is 4.16. The lowest BCUT2D eigenvalue weighted by atomic mass is 10.0. The van der Waals surface area contributed by atoms with Gasteiger partial charge in [0.1, 0.15) is 12.1 Å². The Hall–Kier alpha value is -1.29. The number of ether oxygens (including phenoxy) is 2. The number of hydrogen-bond donors (Lipinski definition) is 3. The molecule has 0 aliphatic carbocycles. The predicted molar refractivity (Wildman–Crippen MR) is 217 cm³/mol. The summed E-state index contributed by atoms with van der Waals surface area (Å²) in [6.07, 6.45) is 39.8. The molecule has 0 spiro atoms. The molecule has 0 saturated carbocycles. The maximum atomic E-state index is 12.6. The summed E-state index contributed by atoms with van der Waals surface area (Å²) in [7, 11) is -4.61. The summed E-state index contributed by atoms with van der Waals surface area (Å²) in [6, 6.07) is -1.47. The second-order valence-corrected chi connectivity index (χ2v) is 16.3. The maximum absolute atomic E-state index is 12.6. The molecule has 3 atom stereocenters. The third kappa shape index (κ3) is 38.8. The number of aliphatic carboxylic acids is 1. The van der Waals surface area contributed by atoms with Crippen LogP contribution < -0.4 is 5.73 Å². The number of carbonyl (C=O) groups excluding carboxylic acids is 1. The number of nitrogens with two attached hydrogens (primary N) is 1. The van der Waals surface area contributed by atoms with Crippen LogP contribution in [0.25, 0.3) is 0 Å². The van der Waals surface area contributed by atoms with Gasteiger partial charge in [0.05, 0.1) is 19.8 Å². The lowest BCUT2D eigenvalue weighted by Gasteiger charge is -2.20. The molecule has 0 radical (unpaired) electrons. The van der Waals surface area contributed by atoms with Crippen molar-refractivity contribution < 1.29 is 42.7 Å². The number of allylic oxidation sites excluding steroid dienone is 2. The highest BCUT2D eigenvalue weighted by molar-refractivity contribution is 7.47. The van der Waals surface area contributed by atoms with Gasteiger partial charge in [0, 0.05) is 13.0 Å². The number of unbranched alkanes of at least 4 members (excludes halogenated alkanes) is 26. The summed E-state index contributed by atoms with van der Waals surface area (Å²) >= 11 is 0. The highest BCUT2D eigenvalue weighted by atomic mass is 31.2. The third-order valence-electron chi connectivity index (χ3n) is 9.54. The third-order valence-corrected chi connectivity index (χ3v) is 10.5. The minimum absolute atomic E-state index is 0.0192. The van der Waals surface area contributed by atoms with Gasteiger partial charge in [-0.25, -0.2) is 4.57 Å². The first-order valence-electron chi connectivity index (χ1n) is 21.7. The van der Waals surface area contributed by atoms with Gasteiger partial charge in [-0.2, -0.15) is 0 Å². The molecule has 0 heterocycles. The Kier molecular flexibility index (Phi) is 38.0. The van der Waals surface area contributed by atoms with Crippen LogP contribution in [0.15, 0.2) is 12.2 Å². The van der Waals surface area contributed by atoms with Crippen molar-refractivity contribution >= 4 is 19.8 Å². The van der Waals surface area contributed by atoms with Gasteiger partial charge in [-0.1, -0.05) is 174 Å². The fraction of sp³-hybridized carbons (Fsp3) is 0.905. The average molecular weight is 776 g/mol. The molecular formula is C42H82NO9P. The molecule has 0 aliphatic heterocycles. The Morgan fingerprint density at radius 1 is 0.585 bits per heavy atom. The van der Waals surface area contributed by atoms with Crippen LogP contribution in [0, 0.1) is 0 Å². The van der Waals surface area contributed by atoms with E-state index in [2.05, 4.69) is 26.0 Å². The molecule has 0 fully saturated rings.